The van der Waals surface area contributed by atoms with Crippen LogP contribution in [0, 0.1) is 6.92 Å². The molecule has 0 aliphatic heterocycles. The van der Waals surface area contributed by atoms with Gasteiger partial charge in [-0.15, -0.1) is 0 Å². The molecule has 0 saturated heterocycles. The van der Waals surface area contributed by atoms with Crippen LogP contribution in [-0.2, 0) is 6.54 Å². The number of amides is 1. The van der Waals surface area contributed by atoms with Crippen molar-refractivity contribution in [2.24, 2.45) is 0 Å². The Morgan fingerprint density at radius 1 is 1.12 bits per heavy atom. The summed E-state index contributed by atoms with van der Waals surface area (Å²) in [6.07, 6.45) is 2.02. The van der Waals surface area contributed by atoms with Gasteiger partial charge in [0.1, 0.15) is 5.69 Å². The largest absolute Gasteiger partial charge is 0.352 e. The van der Waals surface area contributed by atoms with Gasteiger partial charge in [0, 0.05) is 12.1 Å². The molecule has 1 N–H and O–H groups in total. The first-order valence-corrected chi connectivity index (χ1v) is 8.93. The molecule has 5 nitrogen and oxygen atoms in total. The van der Waals surface area contributed by atoms with E-state index in [1.807, 2.05) is 36.4 Å². The third-order valence-electron chi connectivity index (χ3n) is 4.39. The van der Waals surface area contributed by atoms with E-state index in [9.17, 15) is 9.59 Å². The van der Waals surface area contributed by atoms with Crippen LogP contribution in [0.2, 0.25) is 0 Å². The van der Waals surface area contributed by atoms with E-state index in [1.54, 1.807) is 23.6 Å². The molecule has 1 heterocycles. The maximum atomic E-state index is 12.5. The summed E-state index contributed by atoms with van der Waals surface area (Å²) in [5, 5.41) is 2.91. The zero-order valence-electron chi connectivity index (χ0n) is 15.2. The van der Waals surface area contributed by atoms with Gasteiger partial charge in [0.25, 0.3) is 11.5 Å². The van der Waals surface area contributed by atoms with E-state index in [1.165, 1.54) is 0 Å². The normalized spacial score (nSPS) is 10.8. The predicted octanol–water partition coefficient (Wildman–Crippen LogP) is 3.28. The van der Waals surface area contributed by atoms with E-state index in [0.717, 1.165) is 29.4 Å². The van der Waals surface area contributed by atoms with Crippen molar-refractivity contribution >= 4 is 16.9 Å². The molecule has 5 heteroatoms. The molecule has 1 aromatic heterocycles. The highest BCUT2D eigenvalue weighted by Crippen LogP contribution is 2.13. The fraction of sp³-hybridized carbons (Fsp3) is 0.286. The van der Waals surface area contributed by atoms with Crippen molar-refractivity contribution in [3.63, 3.8) is 0 Å². The highest BCUT2D eigenvalue weighted by molar-refractivity contribution is 5.94. The smallest absolute Gasteiger partial charge is 0.272 e. The van der Waals surface area contributed by atoms with Crippen LogP contribution in [0.5, 0.6) is 0 Å². The Labute approximate surface area is 152 Å². The Hall–Kier alpha value is -2.95. The van der Waals surface area contributed by atoms with Crippen molar-refractivity contribution in [1.29, 1.82) is 0 Å². The van der Waals surface area contributed by atoms with E-state index >= 15 is 0 Å². The Kier molecular flexibility index (Phi) is 5.46. The predicted molar refractivity (Wildman–Crippen MR) is 104 cm³/mol. The van der Waals surface area contributed by atoms with Crippen molar-refractivity contribution in [1.82, 2.24) is 14.9 Å². The van der Waals surface area contributed by atoms with Gasteiger partial charge in [-0.3, -0.25) is 9.59 Å². The SMILES string of the molecule is CCCCNC(=O)c1ccc(Cn2c(=O)c(C)nc3ccccc32)cc1. The van der Waals surface area contributed by atoms with Gasteiger partial charge >= 0.3 is 0 Å². The molecule has 1 amide bonds. The van der Waals surface area contributed by atoms with Crippen LogP contribution >= 0.6 is 0 Å². The third kappa shape index (κ3) is 3.82. The lowest BCUT2D eigenvalue weighted by atomic mass is 10.1. The summed E-state index contributed by atoms with van der Waals surface area (Å²) in [5.74, 6) is -0.0626. The van der Waals surface area contributed by atoms with E-state index in [4.69, 9.17) is 0 Å². The summed E-state index contributed by atoms with van der Waals surface area (Å²) in [4.78, 5) is 29.0. The molecule has 0 spiro atoms. The summed E-state index contributed by atoms with van der Waals surface area (Å²) >= 11 is 0. The van der Waals surface area contributed by atoms with E-state index in [0.29, 0.717) is 24.3 Å². The molecule has 0 unspecified atom stereocenters. The maximum absolute atomic E-state index is 12.5. The van der Waals surface area contributed by atoms with Crippen molar-refractivity contribution < 1.29 is 4.79 Å². The topological polar surface area (TPSA) is 64.0 Å². The number of hydrogen-bond acceptors (Lipinski definition) is 3. The number of aromatic nitrogens is 2. The average Bonchev–Trinajstić information content (AvgIpc) is 2.66. The minimum Gasteiger partial charge on any atom is -0.352 e. The fourth-order valence-corrected chi connectivity index (χ4v) is 2.90. The summed E-state index contributed by atoms with van der Waals surface area (Å²) in [7, 11) is 0. The van der Waals surface area contributed by atoms with Gasteiger partial charge in [-0.05, 0) is 43.2 Å². The number of unbranched alkanes of at least 4 members (excludes halogenated alkanes) is 1. The first-order chi connectivity index (χ1) is 12.6. The number of carbonyl (C=O) groups excluding carboxylic acids is 1. The van der Waals surface area contributed by atoms with Gasteiger partial charge in [0.2, 0.25) is 0 Å². The molecule has 0 radical (unpaired) electrons. The number of carbonyl (C=O) groups is 1. The Morgan fingerprint density at radius 2 is 1.85 bits per heavy atom. The van der Waals surface area contributed by atoms with E-state index < -0.39 is 0 Å². The molecule has 0 atom stereocenters. The number of benzene rings is 2. The number of para-hydroxylation sites is 2. The third-order valence-corrected chi connectivity index (χ3v) is 4.39. The minimum atomic E-state index is -0.0925. The van der Waals surface area contributed by atoms with Crippen LogP contribution < -0.4 is 10.9 Å². The van der Waals surface area contributed by atoms with Crippen LogP contribution in [0.3, 0.4) is 0 Å². The zero-order valence-corrected chi connectivity index (χ0v) is 15.2. The molecular weight excluding hydrogens is 326 g/mol. The molecule has 134 valence electrons. The number of nitrogens with one attached hydrogen (secondary N) is 1. The number of hydrogen-bond donors (Lipinski definition) is 1. The van der Waals surface area contributed by atoms with Crippen LogP contribution in [0.4, 0.5) is 0 Å². The van der Waals surface area contributed by atoms with Crippen LogP contribution in [0.1, 0.15) is 41.4 Å². The number of aryl methyl sites for hydroxylation is 1. The standard InChI is InChI=1S/C21H23N3O2/c1-3-4-13-22-20(25)17-11-9-16(10-12-17)14-24-19-8-6-5-7-18(19)23-15(2)21(24)26/h5-12H,3-4,13-14H2,1-2H3,(H,22,25). The number of nitrogens with zero attached hydrogens (tertiary/aromatic N) is 2. The Balaban J connectivity index is 1.84. The molecule has 2 aromatic carbocycles. The molecule has 3 rings (SSSR count). The summed E-state index contributed by atoms with van der Waals surface area (Å²) in [6.45, 7) is 4.96. The van der Waals surface area contributed by atoms with Crippen LogP contribution in [0.25, 0.3) is 11.0 Å². The van der Waals surface area contributed by atoms with Gasteiger partial charge in [0.05, 0.1) is 17.6 Å². The maximum Gasteiger partial charge on any atom is 0.272 e. The highest BCUT2D eigenvalue weighted by atomic mass is 16.1. The average molecular weight is 349 g/mol. The highest BCUT2D eigenvalue weighted by Gasteiger charge is 2.09. The summed E-state index contributed by atoms with van der Waals surface area (Å²) in [5.41, 5.74) is 3.60. The second-order valence-corrected chi connectivity index (χ2v) is 6.38. The van der Waals surface area contributed by atoms with Crippen molar-refractivity contribution in [3.8, 4) is 0 Å². The van der Waals surface area contributed by atoms with Gasteiger partial charge < -0.3 is 9.88 Å². The van der Waals surface area contributed by atoms with Gasteiger partial charge in [-0.1, -0.05) is 37.6 Å². The van der Waals surface area contributed by atoms with E-state index in [2.05, 4.69) is 17.2 Å². The van der Waals surface area contributed by atoms with E-state index in [-0.39, 0.29) is 11.5 Å². The summed E-state index contributed by atoms with van der Waals surface area (Å²) in [6, 6.07) is 15.0. The van der Waals surface area contributed by atoms with Crippen molar-refractivity contribution in [2.45, 2.75) is 33.2 Å². The first kappa shape index (κ1) is 17.9. The number of fused-ring (bicyclic) bond motifs is 1. The second kappa shape index (κ2) is 7.95. The molecular formula is C21H23N3O2. The quantitative estimate of drug-likeness (QED) is 0.695. The van der Waals surface area contributed by atoms with Crippen molar-refractivity contribution in [2.75, 3.05) is 6.54 Å². The van der Waals surface area contributed by atoms with Gasteiger partial charge in [-0.2, -0.15) is 0 Å². The molecule has 3 aromatic rings. The summed E-state index contributed by atoms with van der Waals surface area (Å²) < 4.78 is 1.73. The second-order valence-electron chi connectivity index (χ2n) is 6.38. The molecule has 0 aliphatic rings. The lowest BCUT2D eigenvalue weighted by Gasteiger charge is -2.11. The van der Waals surface area contributed by atoms with Gasteiger partial charge in [0.15, 0.2) is 0 Å². The Bertz CT molecular complexity index is 975. The van der Waals surface area contributed by atoms with Crippen LogP contribution in [-0.4, -0.2) is 22.0 Å². The fourth-order valence-electron chi connectivity index (χ4n) is 2.90. The first-order valence-electron chi connectivity index (χ1n) is 8.93. The lowest BCUT2D eigenvalue weighted by Crippen LogP contribution is -2.25. The van der Waals surface area contributed by atoms with Gasteiger partial charge in [-0.25, -0.2) is 4.98 Å². The molecule has 26 heavy (non-hydrogen) atoms. The molecule has 0 bridgehead atoms. The monoisotopic (exact) mass is 349 g/mol. The van der Waals surface area contributed by atoms with Crippen molar-refractivity contribution in [3.05, 3.63) is 75.7 Å². The minimum absolute atomic E-state index is 0.0626. The Morgan fingerprint density at radius 3 is 2.58 bits per heavy atom. The molecule has 0 aliphatic carbocycles. The lowest BCUT2D eigenvalue weighted by molar-refractivity contribution is 0.0953. The molecule has 0 saturated carbocycles. The number of rotatable bonds is 6. The molecule has 0 fully saturated rings. The zero-order chi connectivity index (χ0) is 18.5. The van der Waals surface area contributed by atoms with Crippen LogP contribution in [0.15, 0.2) is 53.3 Å².